The van der Waals surface area contributed by atoms with Crippen molar-refractivity contribution in [2.24, 2.45) is 5.92 Å². The van der Waals surface area contributed by atoms with Crippen molar-refractivity contribution in [3.05, 3.63) is 0 Å². The standard InChI is InChI=1S/C12H25NO/c1-4-6-7-8-9-10-13-12(14)11(3)5-2/h11H,4-10H2,1-3H3,(H,13,14). The number of amides is 1. The highest BCUT2D eigenvalue weighted by atomic mass is 16.1. The van der Waals surface area contributed by atoms with Crippen molar-refractivity contribution < 1.29 is 4.79 Å². The van der Waals surface area contributed by atoms with Crippen LogP contribution in [0.1, 0.15) is 59.3 Å². The van der Waals surface area contributed by atoms with Crippen molar-refractivity contribution in [1.29, 1.82) is 0 Å². The molecule has 0 aliphatic heterocycles. The molecule has 1 atom stereocenters. The summed E-state index contributed by atoms with van der Waals surface area (Å²) in [5.74, 6) is 0.383. The first-order valence-corrected chi connectivity index (χ1v) is 6.00. The van der Waals surface area contributed by atoms with Gasteiger partial charge in [0.05, 0.1) is 0 Å². The summed E-state index contributed by atoms with van der Waals surface area (Å²) in [5.41, 5.74) is 0. The third-order valence-corrected chi connectivity index (χ3v) is 2.64. The van der Waals surface area contributed by atoms with Crippen LogP contribution in [0.4, 0.5) is 0 Å². The number of carbonyl (C=O) groups is 1. The molecule has 0 rings (SSSR count). The summed E-state index contributed by atoms with van der Waals surface area (Å²) in [7, 11) is 0. The van der Waals surface area contributed by atoms with Crippen LogP contribution in [0.2, 0.25) is 0 Å². The van der Waals surface area contributed by atoms with Gasteiger partial charge in [0.15, 0.2) is 0 Å². The molecule has 0 aromatic rings. The second kappa shape index (κ2) is 9.04. The van der Waals surface area contributed by atoms with Crippen LogP contribution < -0.4 is 5.32 Å². The highest BCUT2D eigenvalue weighted by molar-refractivity contribution is 5.78. The third kappa shape index (κ3) is 6.93. The minimum Gasteiger partial charge on any atom is -0.356 e. The predicted octanol–water partition coefficient (Wildman–Crippen LogP) is 3.12. The van der Waals surface area contributed by atoms with E-state index in [1.807, 2.05) is 13.8 Å². The van der Waals surface area contributed by atoms with E-state index in [0.717, 1.165) is 19.4 Å². The van der Waals surface area contributed by atoms with Gasteiger partial charge in [-0.1, -0.05) is 46.5 Å². The molecular formula is C12H25NO. The van der Waals surface area contributed by atoms with E-state index in [1.165, 1.54) is 25.7 Å². The summed E-state index contributed by atoms with van der Waals surface area (Å²) in [4.78, 5) is 11.4. The molecule has 0 aromatic carbocycles. The lowest BCUT2D eigenvalue weighted by Crippen LogP contribution is -2.29. The minimum absolute atomic E-state index is 0.172. The molecule has 0 aliphatic rings. The summed E-state index contributed by atoms with van der Waals surface area (Å²) in [6.45, 7) is 7.09. The van der Waals surface area contributed by atoms with E-state index < -0.39 is 0 Å². The Bertz CT molecular complexity index is 145. The Balaban J connectivity index is 3.23. The van der Waals surface area contributed by atoms with E-state index in [-0.39, 0.29) is 11.8 Å². The van der Waals surface area contributed by atoms with Crippen molar-refractivity contribution in [2.75, 3.05) is 6.54 Å². The third-order valence-electron chi connectivity index (χ3n) is 2.64. The van der Waals surface area contributed by atoms with Gasteiger partial charge in [-0.2, -0.15) is 0 Å². The van der Waals surface area contributed by atoms with Crippen LogP contribution in [0.3, 0.4) is 0 Å². The van der Waals surface area contributed by atoms with E-state index in [9.17, 15) is 4.79 Å². The average Bonchev–Trinajstić information content (AvgIpc) is 2.21. The zero-order valence-electron chi connectivity index (χ0n) is 9.94. The van der Waals surface area contributed by atoms with Crippen LogP contribution in [0.5, 0.6) is 0 Å². The highest BCUT2D eigenvalue weighted by Gasteiger charge is 2.08. The zero-order chi connectivity index (χ0) is 10.8. The van der Waals surface area contributed by atoms with Crippen LogP contribution in [0.15, 0.2) is 0 Å². The molecule has 14 heavy (non-hydrogen) atoms. The maximum absolute atomic E-state index is 11.4. The first-order valence-electron chi connectivity index (χ1n) is 6.00. The van der Waals surface area contributed by atoms with Gasteiger partial charge in [-0.3, -0.25) is 4.79 Å². The molecule has 0 spiro atoms. The fourth-order valence-corrected chi connectivity index (χ4v) is 1.30. The second-order valence-electron chi connectivity index (χ2n) is 4.01. The van der Waals surface area contributed by atoms with Crippen molar-refractivity contribution >= 4 is 5.91 Å². The highest BCUT2D eigenvalue weighted by Crippen LogP contribution is 2.02. The molecule has 0 aromatic heterocycles. The van der Waals surface area contributed by atoms with Gasteiger partial charge in [0.2, 0.25) is 5.91 Å². The Hall–Kier alpha value is -0.530. The molecule has 0 saturated carbocycles. The van der Waals surface area contributed by atoms with E-state index in [2.05, 4.69) is 12.2 Å². The molecule has 0 heterocycles. The lowest BCUT2D eigenvalue weighted by Gasteiger charge is -2.09. The Morgan fingerprint density at radius 1 is 1.14 bits per heavy atom. The summed E-state index contributed by atoms with van der Waals surface area (Å²) in [6.07, 6.45) is 7.20. The summed E-state index contributed by atoms with van der Waals surface area (Å²) < 4.78 is 0. The van der Waals surface area contributed by atoms with Gasteiger partial charge in [-0.05, 0) is 12.8 Å². The average molecular weight is 199 g/mol. The fourth-order valence-electron chi connectivity index (χ4n) is 1.30. The van der Waals surface area contributed by atoms with Gasteiger partial charge >= 0.3 is 0 Å². The molecule has 0 radical (unpaired) electrons. The number of unbranched alkanes of at least 4 members (excludes halogenated alkanes) is 4. The van der Waals surface area contributed by atoms with E-state index in [1.54, 1.807) is 0 Å². The van der Waals surface area contributed by atoms with Crippen molar-refractivity contribution in [3.63, 3.8) is 0 Å². The molecule has 0 saturated heterocycles. The lowest BCUT2D eigenvalue weighted by atomic mass is 10.1. The van der Waals surface area contributed by atoms with Crippen LogP contribution in [-0.4, -0.2) is 12.5 Å². The van der Waals surface area contributed by atoms with Crippen LogP contribution in [0, 0.1) is 5.92 Å². The van der Waals surface area contributed by atoms with Gasteiger partial charge in [-0.25, -0.2) is 0 Å². The molecule has 0 aliphatic carbocycles. The number of carbonyl (C=O) groups excluding carboxylic acids is 1. The SMILES string of the molecule is CCCCCCCNC(=O)C(C)CC. The van der Waals surface area contributed by atoms with Crippen LogP contribution in [0.25, 0.3) is 0 Å². The van der Waals surface area contributed by atoms with Gasteiger partial charge in [0, 0.05) is 12.5 Å². The number of nitrogens with one attached hydrogen (secondary N) is 1. The Morgan fingerprint density at radius 3 is 2.36 bits per heavy atom. The van der Waals surface area contributed by atoms with Crippen LogP contribution in [-0.2, 0) is 4.79 Å². The fraction of sp³-hybridized carbons (Fsp3) is 0.917. The summed E-state index contributed by atoms with van der Waals surface area (Å²) >= 11 is 0. The smallest absolute Gasteiger partial charge is 0.222 e. The summed E-state index contributed by atoms with van der Waals surface area (Å²) in [5, 5.41) is 2.97. The number of hydrogen-bond donors (Lipinski definition) is 1. The first kappa shape index (κ1) is 13.5. The van der Waals surface area contributed by atoms with E-state index >= 15 is 0 Å². The Morgan fingerprint density at radius 2 is 1.79 bits per heavy atom. The minimum atomic E-state index is 0.172. The maximum Gasteiger partial charge on any atom is 0.222 e. The lowest BCUT2D eigenvalue weighted by molar-refractivity contribution is -0.124. The molecule has 0 bridgehead atoms. The monoisotopic (exact) mass is 199 g/mol. The van der Waals surface area contributed by atoms with Crippen LogP contribution >= 0.6 is 0 Å². The topological polar surface area (TPSA) is 29.1 Å². The number of rotatable bonds is 8. The van der Waals surface area contributed by atoms with Crippen molar-refractivity contribution in [1.82, 2.24) is 5.32 Å². The first-order chi connectivity index (χ1) is 6.72. The van der Waals surface area contributed by atoms with E-state index in [4.69, 9.17) is 0 Å². The number of hydrogen-bond acceptors (Lipinski definition) is 1. The second-order valence-corrected chi connectivity index (χ2v) is 4.01. The molecule has 0 fully saturated rings. The van der Waals surface area contributed by atoms with E-state index in [0.29, 0.717) is 0 Å². The molecule has 1 amide bonds. The summed E-state index contributed by atoms with van der Waals surface area (Å²) in [6, 6.07) is 0. The molecule has 2 nitrogen and oxygen atoms in total. The van der Waals surface area contributed by atoms with Gasteiger partial charge in [-0.15, -0.1) is 0 Å². The molecule has 1 unspecified atom stereocenters. The Labute approximate surface area is 88.5 Å². The molecule has 84 valence electrons. The largest absolute Gasteiger partial charge is 0.356 e. The van der Waals surface area contributed by atoms with Gasteiger partial charge < -0.3 is 5.32 Å². The van der Waals surface area contributed by atoms with Crippen molar-refractivity contribution in [2.45, 2.75) is 59.3 Å². The quantitative estimate of drug-likeness (QED) is 0.598. The zero-order valence-corrected chi connectivity index (χ0v) is 9.94. The normalized spacial score (nSPS) is 12.5. The Kier molecular flexibility index (Phi) is 8.70. The predicted molar refractivity (Wildman–Crippen MR) is 61.2 cm³/mol. The van der Waals surface area contributed by atoms with Gasteiger partial charge in [0.25, 0.3) is 0 Å². The van der Waals surface area contributed by atoms with Crippen molar-refractivity contribution in [3.8, 4) is 0 Å². The molecular weight excluding hydrogens is 174 g/mol. The molecule has 1 N–H and O–H groups in total. The maximum atomic E-state index is 11.4. The van der Waals surface area contributed by atoms with Gasteiger partial charge in [0.1, 0.15) is 0 Å². The molecule has 2 heteroatoms.